The van der Waals surface area contributed by atoms with Crippen LogP contribution in [0.4, 0.5) is 22.7 Å². The van der Waals surface area contributed by atoms with Crippen LogP contribution < -0.4 is 9.80 Å². The summed E-state index contributed by atoms with van der Waals surface area (Å²) in [5.74, 6) is 0.853. The molecule has 3 heterocycles. The summed E-state index contributed by atoms with van der Waals surface area (Å²) in [6.45, 7) is 16.8. The highest BCUT2D eigenvalue weighted by atomic mass is 15.4. The Morgan fingerprint density at radius 3 is 1.79 bits per heavy atom. The third kappa shape index (κ3) is 6.39. The van der Waals surface area contributed by atoms with E-state index in [9.17, 15) is 5.48 Å². The normalized spacial score (nSPS) is 15.3. The molecule has 7 aromatic carbocycles. The molecular weight excluding hydrogens is 753 g/mol. The smallest absolute Gasteiger partial charge is 0.137 e. The second-order valence-corrected chi connectivity index (χ2v) is 17.9. The van der Waals surface area contributed by atoms with Gasteiger partial charge in [-0.1, -0.05) is 150 Å². The maximum absolute atomic E-state index is 9.28. The molecule has 10 rings (SSSR count). The minimum absolute atomic E-state index is 0.0430. The third-order valence-corrected chi connectivity index (χ3v) is 13.0. The maximum atomic E-state index is 9.28. The molecule has 0 fully saturated rings. The lowest BCUT2D eigenvalue weighted by Crippen LogP contribution is -2.26. The van der Waals surface area contributed by atoms with E-state index < -0.39 is 65.8 Å². The molecule has 4 nitrogen and oxygen atoms in total. The molecule has 0 atom stereocenters. The number of rotatable bonds is 7. The number of aromatic nitrogens is 2. The van der Waals surface area contributed by atoms with Gasteiger partial charge in [0, 0.05) is 39.2 Å². The molecule has 0 radical (unpaired) electrons. The summed E-state index contributed by atoms with van der Waals surface area (Å²) in [6, 6.07) is 30.9. The van der Waals surface area contributed by atoms with Crippen LogP contribution in [0.5, 0.6) is 0 Å². The molecule has 2 aromatic heterocycles. The zero-order valence-corrected chi connectivity index (χ0v) is 36.4. The molecule has 62 heavy (non-hydrogen) atoms. The predicted molar refractivity (Wildman–Crippen MR) is 263 cm³/mol. The zero-order valence-electron chi connectivity index (χ0n) is 46.4. The lowest BCUT2D eigenvalue weighted by Gasteiger charge is -2.31. The first kappa shape index (κ1) is 29.4. The van der Waals surface area contributed by atoms with Gasteiger partial charge < -0.3 is 9.80 Å². The highest BCUT2D eigenvalue weighted by molar-refractivity contribution is 6.09. The quantitative estimate of drug-likeness (QED) is 0.160. The van der Waals surface area contributed by atoms with E-state index in [1.807, 2.05) is 68.3 Å². The monoisotopic (exact) mass is 816 g/mol. The number of hydrogen-bond donors (Lipinski definition) is 0. The van der Waals surface area contributed by atoms with Gasteiger partial charge >= 0.3 is 0 Å². The number of fused-ring (bicyclic) bond motifs is 4. The van der Waals surface area contributed by atoms with E-state index in [1.54, 1.807) is 0 Å². The summed E-state index contributed by atoms with van der Waals surface area (Å²) in [7, 11) is 0. The van der Waals surface area contributed by atoms with E-state index in [0.29, 0.717) is 33.5 Å². The van der Waals surface area contributed by atoms with E-state index in [1.165, 1.54) is 5.56 Å². The van der Waals surface area contributed by atoms with Gasteiger partial charge in [-0.2, -0.15) is 0 Å². The van der Waals surface area contributed by atoms with Crippen molar-refractivity contribution in [1.82, 2.24) is 9.55 Å². The van der Waals surface area contributed by atoms with Crippen LogP contribution in [0.3, 0.4) is 0 Å². The van der Waals surface area contributed by atoms with Crippen molar-refractivity contribution in [2.45, 2.75) is 66.2 Å². The average molecular weight is 817 g/mol. The van der Waals surface area contributed by atoms with E-state index in [-0.39, 0.29) is 23.2 Å². The summed E-state index contributed by atoms with van der Waals surface area (Å²) < 4.78 is 91.4. The van der Waals surface area contributed by atoms with Crippen LogP contribution in [0, 0.1) is 20.8 Å². The summed E-state index contributed by atoms with van der Waals surface area (Å²) >= 11 is 0. The van der Waals surface area contributed by atoms with Gasteiger partial charge in [-0.15, -0.1) is 0 Å². The van der Waals surface area contributed by atoms with Crippen LogP contribution in [-0.4, -0.2) is 16.2 Å². The molecule has 0 saturated heterocycles. The number of pyridine rings is 1. The highest BCUT2D eigenvalue weighted by Crippen LogP contribution is 2.53. The second-order valence-electron chi connectivity index (χ2n) is 17.9. The van der Waals surface area contributed by atoms with Crippen LogP contribution in [-0.2, 0) is 10.8 Å². The van der Waals surface area contributed by atoms with Gasteiger partial charge in [-0.3, -0.25) is 4.57 Å². The Morgan fingerprint density at radius 1 is 0.532 bits per heavy atom. The Balaban J connectivity index is 1.16. The minimum atomic E-state index is -0.534. The molecule has 0 unspecified atom stereocenters. The van der Waals surface area contributed by atoms with Crippen molar-refractivity contribution in [3.05, 3.63) is 203 Å². The van der Waals surface area contributed by atoms with Gasteiger partial charge in [0.1, 0.15) is 12.5 Å². The van der Waals surface area contributed by atoms with Gasteiger partial charge in [0.25, 0.3) is 0 Å². The SMILES string of the molecule is [2H]c1c([2H])c([2H])c(-c2c(C)c(C)c(C)c(-c3c([2H])c([2H])c([2H])c([2H])c3[2H])c2N2CN(c3cccc(C(C)(C)c4ccc5c6ccccc6n(-c6cc(C(C)(C)C)ccn6)c5c4)c3)c3ccccc32)c([2H])c1[2H]. The Bertz CT molecular complexity index is 3600. The van der Waals surface area contributed by atoms with Gasteiger partial charge in [0.15, 0.2) is 0 Å². The number of nitrogens with zero attached hydrogens (tertiary/aromatic N) is 4. The fourth-order valence-corrected chi connectivity index (χ4v) is 9.24. The molecule has 0 bridgehead atoms. The van der Waals surface area contributed by atoms with Crippen molar-refractivity contribution in [3.8, 4) is 28.1 Å². The van der Waals surface area contributed by atoms with E-state index >= 15 is 0 Å². The van der Waals surface area contributed by atoms with Crippen molar-refractivity contribution in [2.24, 2.45) is 0 Å². The lowest BCUT2D eigenvalue weighted by atomic mass is 9.77. The van der Waals surface area contributed by atoms with Crippen LogP contribution in [0.2, 0.25) is 0 Å². The Labute approximate surface area is 380 Å². The number of hydrogen-bond acceptors (Lipinski definition) is 3. The Kier molecular flexibility index (Phi) is 7.07. The fraction of sp³-hybridized carbons (Fsp3) is 0.190. The van der Waals surface area contributed by atoms with Crippen LogP contribution in [0.25, 0.3) is 49.9 Å². The van der Waals surface area contributed by atoms with Crippen molar-refractivity contribution in [1.29, 1.82) is 0 Å². The zero-order chi connectivity index (χ0) is 51.6. The number of benzene rings is 7. The maximum Gasteiger partial charge on any atom is 0.137 e. The standard InChI is InChI=1S/C58H54N4/c1-38-39(2)54(41-20-11-9-12-21-41)56(55(40(38)3)42-22-13-10-14-23-42)61-37-60(50-28-17-18-29-51(50)61)46-25-19-24-44(34-46)58(7,8)45-30-31-48-47-26-15-16-27-49(47)62(52(48)35-45)53-36-43(32-33-59-53)57(4,5)6/h9-36H,37H2,1-8H3/i9D,10D,11D,12D,13D,14D,20D,21D,22D,23D. The molecule has 1 aliphatic heterocycles. The molecule has 306 valence electrons. The fourth-order valence-electron chi connectivity index (χ4n) is 9.24. The minimum Gasteiger partial charge on any atom is -0.321 e. The molecule has 1 aliphatic rings. The largest absolute Gasteiger partial charge is 0.321 e. The molecule has 4 heteroatoms. The lowest BCUT2D eigenvalue weighted by molar-refractivity contribution is 0.588. The third-order valence-electron chi connectivity index (χ3n) is 13.0. The van der Waals surface area contributed by atoms with Crippen molar-refractivity contribution < 1.29 is 13.7 Å². The van der Waals surface area contributed by atoms with Crippen molar-refractivity contribution >= 4 is 44.6 Å². The Morgan fingerprint density at radius 2 is 1.13 bits per heavy atom. The van der Waals surface area contributed by atoms with Gasteiger partial charge in [-0.25, -0.2) is 4.98 Å². The number of para-hydroxylation sites is 3. The van der Waals surface area contributed by atoms with Crippen molar-refractivity contribution in [2.75, 3.05) is 16.5 Å². The van der Waals surface area contributed by atoms with E-state index in [2.05, 4.69) is 111 Å². The Hall–Kier alpha value is -6.91. The first-order valence-electron chi connectivity index (χ1n) is 26.1. The van der Waals surface area contributed by atoms with Crippen LogP contribution >= 0.6 is 0 Å². The summed E-state index contributed by atoms with van der Waals surface area (Å²) in [5, 5.41) is 2.27. The van der Waals surface area contributed by atoms with Gasteiger partial charge in [0.05, 0.1) is 41.8 Å². The van der Waals surface area contributed by atoms with E-state index in [4.69, 9.17) is 13.2 Å². The second kappa shape index (κ2) is 14.9. The van der Waals surface area contributed by atoms with Crippen LogP contribution in [0.1, 0.15) is 81.7 Å². The average Bonchev–Trinajstić information content (AvgIpc) is 3.92. The van der Waals surface area contributed by atoms with Gasteiger partial charge in [0.2, 0.25) is 0 Å². The molecular formula is C58H54N4. The highest BCUT2D eigenvalue weighted by Gasteiger charge is 2.34. The van der Waals surface area contributed by atoms with Gasteiger partial charge in [-0.05, 0) is 119 Å². The summed E-state index contributed by atoms with van der Waals surface area (Å²) in [6.07, 6.45) is 1.89. The first-order valence-corrected chi connectivity index (χ1v) is 21.1. The molecule has 0 amide bonds. The van der Waals surface area contributed by atoms with Crippen LogP contribution in [0.15, 0.2) is 170 Å². The summed E-state index contributed by atoms with van der Waals surface area (Å²) in [4.78, 5) is 9.07. The molecule has 0 aliphatic carbocycles. The number of anilines is 4. The molecule has 0 N–H and O–H groups in total. The van der Waals surface area contributed by atoms with E-state index in [0.717, 1.165) is 55.8 Å². The summed E-state index contributed by atoms with van der Waals surface area (Å²) in [5.41, 5.74) is 10.1. The topological polar surface area (TPSA) is 24.3 Å². The van der Waals surface area contributed by atoms with Crippen molar-refractivity contribution in [3.63, 3.8) is 0 Å². The first-order chi connectivity index (χ1) is 34.1. The molecule has 0 saturated carbocycles. The molecule has 0 spiro atoms. The molecule has 9 aromatic rings. The predicted octanol–water partition coefficient (Wildman–Crippen LogP) is 15.3.